The molecule has 0 N–H and O–H groups in total. The summed E-state index contributed by atoms with van der Waals surface area (Å²) in [4.78, 5) is 13.0. The Balaban J connectivity index is 2.06. The van der Waals surface area contributed by atoms with Crippen molar-refractivity contribution >= 4 is 27.8 Å². The number of hydrogen-bond donors (Lipinski definition) is 0. The number of aryl methyl sites for hydroxylation is 1. The van der Waals surface area contributed by atoms with Crippen LogP contribution in [0, 0.1) is 31.0 Å². The van der Waals surface area contributed by atoms with E-state index in [1.54, 1.807) is 48.8 Å². The molecule has 0 amide bonds. The highest BCUT2D eigenvalue weighted by Gasteiger charge is 2.21. The molecule has 1 heterocycles. The van der Waals surface area contributed by atoms with Gasteiger partial charge in [-0.25, -0.2) is 4.39 Å². The van der Waals surface area contributed by atoms with E-state index in [1.165, 1.54) is 6.07 Å². The molecule has 1 aromatic heterocycles. The molecule has 0 saturated carbocycles. The number of rotatable bonds is 4. The molecule has 0 unspecified atom stereocenters. The molecule has 2 aromatic carbocycles. The van der Waals surface area contributed by atoms with Gasteiger partial charge in [0.2, 0.25) is 5.78 Å². The van der Waals surface area contributed by atoms with E-state index >= 15 is 0 Å². The normalized spacial score (nSPS) is 11.3. The van der Waals surface area contributed by atoms with Crippen molar-refractivity contribution in [1.29, 1.82) is 5.26 Å². The molecule has 134 valence electrons. The maximum Gasteiger partial charge on any atom is 0.205 e. The van der Waals surface area contributed by atoms with Crippen LogP contribution >= 0.6 is 15.9 Å². The topological polar surface area (TPSA) is 45.8 Å². The number of para-hydroxylation sites is 1. The van der Waals surface area contributed by atoms with Crippen LogP contribution in [0.2, 0.25) is 0 Å². The predicted octanol–water partition coefficient (Wildman–Crippen LogP) is 5.79. The maximum absolute atomic E-state index is 14.2. The fourth-order valence-electron chi connectivity index (χ4n) is 3.05. The van der Waals surface area contributed by atoms with E-state index in [1.807, 2.05) is 30.3 Å². The molecule has 0 atom stereocenters. The van der Waals surface area contributed by atoms with Gasteiger partial charge in [-0.05, 0) is 55.8 Å². The Hall–Kier alpha value is -2.97. The standard InChI is InChI=1S/C22H16BrFN2O/c1-14-10-19(15(2)26(14)21-9-4-3-8-20(21)24)22(27)17(13-25)11-16-6-5-7-18(23)12-16/h3-12H,1-2H3/b17-11-. The Morgan fingerprint density at radius 1 is 1.15 bits per heavy atom. The average Bonchev–Trinajstić information content (AvgIpc) is 2.94. The van der Waals surface area contributed by atoms with Crippen molar-refractivity contribution in [2.24, 2.45) is 0 Å². The molecule has 0 saturated heterocycles. The lowest BCUT2D eigenvalue weighted by molar-refractivity contribution is 0.103. The Bertz CT molecular complexity index is 1110. The van der Waals surface area contributed by atoms with Gasteiger partial charge < -0.3 is 4.57 Å². The number of benzene rings is 2. The van der Waals surface area contributed by atoms with Gasteiger partial charge in [-0.1, -0.05) is 40.2 Å². The van der Waals surface area contributed by atoms with Gasteiger partial charge in [-0.3, -0.25) is 4.79 Å². The monoisotopic (exact) mass is 422 g/mol. The molecule has 27 heavy (non-hydrogen) atoms. The summed E-state index contributed by atoms with van der Waals surface area (Å²) in [5.41, 5.74) is 2.86. The van der Waals surface area contributed by atoms with E-state index in [9.17, 15) is 14.4 Å². The summed E-state index contributed by atoms with van der Waals surface area (Å²) >= 11 is 3.38. The van der Waals surface area contributed by atoms with Gasteiger partial charge >= 0.3 is 0 Å². The first-order chi connectivity index (χ1) is 12.9. The second-order valence-corrected chi connectivity index (χ2v) is 7.04. The van der Waals surface area contributed by atoms with E-state index in [-0.39, 0.29) is 17.2 Å². The highest BCUT2D eigenvalue weighted by molar-refractivity contribution is 9.10. The number of ketones is 1. The molecule has 3 nitrogen and oxygen atoms in total. The molecule has 0 spiro atoms. The number of Topliss-reactive ketones (excluding diaryl/α,β-unsaturated/α-hetero) is 1. The lowest BCUT2D eigenvalue weighted by atomic mass is 10.0. The summed E-state index contributed by atoms with van der Waals surface area (Å²) in [5.74, 6) is -0.753. The van der Waals surface area contributed by atoms with Crippen LogP contribution in [-0.4, -0.2) is 10.4 Å². The molecule has 0 bridgehead atoms. The SMILES string of the molecule is Cc1cc(C(=O)/C(C#N)=C\c2cccc(Br)c2)c(C)n1-c1ccccc1F. The third kappa shape index (κ3) is 3.76. The van der Waals surface area contributed by atoms with Crippen molar-refractivity contribution in [2.45, 2.75) is 13.8 Å². The largest absolute Gasteiger partial charge is 0.315 e. The van der Waals surface area contributed by atoms with Crippen LogP contribution in [0.5, 0.6) is 0 Å². The minimum absolute atomic E-state index is 0.0295. The number of nitrogens with zero attached hydrogens (tertiary/aromatic N) is 2. The first kappa shape index (κ1) is 18.8. The third-order valence-electron chi connectivity index (χ3n) is 4.29. The Morgan fingerprint density at radius 2 is 1.89 bits per heavy atom. The molecular weight excluding hydrogens is 407 g/mol. The third-order valence-corrected chi connectivity index (χ3v) is 4.79. The summed E-state index contributed by atoms with van der Waals surface area (Å²) in [5, 5.41) is 9.50. The number of aromatic nitrogens is 1. The van der Waals surface area contributed by atoms with Crippen molar-refractivity contribution in [3.05, 3.63) is 93.0 Å². The minimum Gasteiger partial charge on any atom is -0.315 e. The van der Waals surface area contributed by atoms with Crippen LogP contribution in [0.1, 0.15) is 27.3 Å². The van der Waals surface area contributed by atoms with Crippen molar-refractivity contribution in [1.82, 2.24) is 4.57 Å². The molecule has 0 fully saturated rings. The Morgan fingerprint density at radius 3 is 2.56 bits per heavy atom. The Labute approximate surface area is 165 Å². The van der Waals surface area contributed by atoms with Gasteiger partial charge in [0.15, 0.2) is 0 Å². The van der Waals surface area contributed by atoms with Gasteiger partial charge in [0.25, 0.3) is 0 Å². The summed E-state index contributed by atoms with van der Waals surface area (Å²) in [6.07, 6.45) is 1.56. The number of allylic oxidation sites excluding steroid dienone is 1. The number of halogens is 2. The van der Waals surface area contributed by atoms with Crippen molar-refractivity contribution < 1.29 is 9.18 Å². The Kier molecular flexibility index (Phi) is 5.38. The molecule has 3 aromatic rings. The van der Waals surface area contributed by atoms with Crippen LogP contribution in [0.3, 0.4) is 0 Å². The summed E-state index contributed by atoms with van der Waals surface area (Å²) < 4.78 is 16.8. The summed E-state index contributed by atoms with van der Waals surface area (Å²) in [7, 11) is 0. The maximum atomic E-state index is 14.2. The van der Waals surface area contributed by atoms with Crippen molar-refractivity contribution in [2.75, 3.05) is 0 Å². The lowest BCUT2D eigenvalue weighted by Crippen LogP contribution is -2.06. The zero-order valence-electron chi connectivity index (χ0n) is 14.8. The van der Waals surface area contributed by atoms with Crippen LogP contribution in [0.4, 0.5) is 4.39 Å². The zero-order chi connectivity index (χ0) is 19.6. The van der Waals surface area contributed by atoms with E-state index in [2.05, 4.69) is 15.9 Å². The molecule has 0 aliphatic rings. The molecule has 3 rings (SSSR count). The fourth-order valence-corrected chi connectivity index (χ4v) is 3.47. The van der Waals surface area contributed by atoms with Crippen LogP contribution in [0.25, 0.3) is 11.8 Å². The number of carbonyl (C=O) groups is 1. The van der Waals surface area contributed by atoms with E-state index in [0.717, 1.165) is 15.7 Å². The van der Waals surface area contributed by atoms with Gasteiger partial charge in [0, 0.05) is 21.4 Å². The lowest BCUT2D eigenvalue weighted by Gasteiger charge is -2.10. The highest BCUT2D eigenvalue weighted by atomic mass is 79.9. The quantitative estimate of drug-likeness (QED) is 0.303. The molecule has 0 radical (unpaired) electrons. The summed E-state index contributed by atoms with van der Waals surface area (Å²) in [6.45, 7) is 3.56. The molecule has 0 aliphatic carbocycles. The minimum atomic E-state index is -0.381. The van der Waals surface area contributed by atoms with Crippen LogP contribution in [0.15, 0.2) is 64.6 Å². The van der Waals surface area contributed by atoms with Gasteiger partial charge in [0.05, 0.1) is 5.69 Å². The van der Waals surface area contributed by atoms with Gasteiger partial charge in [-0.2, -0.15) is 5.26 Å². The smallest absolute Gasteiger partial charge is 0.205 e. The average molecular weight is 423 g/mol. The first-order valence-electron chi connectivity index (χ1n) is 8.28. The van der Waals surface area contributed by atoms with Crippen LogP contribution in [-0.2, 0) is 0 Å². The number of nitriles is 1. The predicted molar refractivity (Wildman–Crippen MR) is 107 cm³/mol. The second-order valence-electron chi connectivity index (χ2n) is 6.13. The van der Waals surface area contributed by atoms with E-state index in [0.29, 0.717) is 16.9 Å². The number of carbonyl (C=O) groups excluding carboxylic acids is 1. The zero-order valence-corrected chi connectivity index (χ0v) is 16.4. The molecule has 5 heteroatoms. The van der Waals surface area contributed by atoms with Crippen molar-refractivity contribution in [3.63, 3.8) is 0 Å². The fraction of sp³-hybridized carbons (Fsp3) is 0.0909. The molecular formula is C22H16BrFN2O. The van der Waals surface area contributed by atoms with Crippen LogP contribution < -0.4 is 0 Å². The highest BCUT2D eigenvalue weighted by Crippen LogP contribution is 2.25. The summed E-state index contributed by atoms with van der Waals surface area (Å²) in [6, 6.07) is 17.4. The van der Waals surface area contributed by atoms with Gasteiger partial charge in [0.1, 0.15) is 17.5 Å². The molecule has 0 aliphatic heterocycles. The first-order valence-corrected chi connectivity index (χ1v) is 9.07. The van der Waals surface area contributed by atoms with Crippen molar-refractivity contribution in [3.8, 4) is 11.8 Å². The van der Waals surface area contributed by atoms with E-state index in [4.69, 9.17) is 0 Å². The second kappa shape index (κ2) is 7.73. The number of hydrogen-bond acceptors (Lipinski definition) is 2. The van der Waals surface area contributed by atoms with Gasteiger partial charge in [-0.15, -0.1) is 0 Å². The van der Waals surface area contributed by atoms with E-state index < -0.39 is 0 Å².